The minimum atomic E-state index is -0.999. The summed E-state index contributed by atoms with van der Waals surface area (Å²) in [4.78, 5) is 23.0. The van der Waals surface area contributed by atoms with E-state index in [4.69, 9.17) is 5.11 Å². The Morgan fingerprint density at radius 1 is 1.10 bits per heavy atom. The molecule has 2 aromatic rings. The number of benzene rings is 1. The van der Waals surface area contributed by atoms with Crippen molar-refractivity contribution in [3.8, 4) is 0 Å². The van der Waals surface area contributed by atoms with Gasteiger partial charge in [0.1, 0.15) is 0 Å². The highest BCUT2D eigenvalue weighted by Crippen LogP contribution is 2.40. The van der Waals surface area contributed by atoms with E-state index in [9.17, 15) is 9.59 Å². The smallest absolute Gasteiger partial charge is 0.337 e. The Morgan fingerprint density at radius 2 is 1.86 bits per heavy atom. The zero-order valence-electron chi connectivity index (χ0n) is 11.6. The molecule has 0 aliphatic heterocycles. The molecular weight excluding hydrogens is 266 g/mol. The van der Waals surface area contributed by atoms with Gasteiger partial charge in [0.15, 0.2) is 0 Å². The number of hydrogen-bond donors (Lipinski definition) is 1. The molecule has 21 heavy (non-hydrogen) atoms. The summed E-state index contributed by atoms with van der Waals surface area (Å²) in [6.45, 7) is 0. The molecule has 108 valence electrons. The number of aromatic carboxylic acids is 1. The first-order valence-electron chi connectivity index (χ1n) is 7.15. The predicted octanol–water partition coefficient (Wildman–Crippen LogP) is 3.06. The van der Waals surface area contributed by atoms with Crippen LogP contribution in [0, 0.1) is 0 Å². The molecule has 4 nitrogen and oxygen atoms in total. The average molecular weight is 283 g/mol. The van der Waals surface area contributed by atoms with Crippen LogP contribution in [-0.2, 0) is 0 Å². The van der Waals surface area contributed by atoms with E-state index in [2.05, 4.69) is 12.1 Å². The third kappa shape index (κ3) is 2.75. The van der Waals surface area contributed by atoms with Gasteiger partial charge in [0.2, 0.25) is 0 Å². The molecule has 0 spiro atoms. The molecule has 4 heteroatoms. The van der Waals surface area contributed by atoms with Gasteiger partial charge in [-0.3, -0.25) is 4.79 Å². The Bertz CT molecular complexity index is 705. The highest BCUT2D eigenvalue weighted by atomic mass is 16.4. The molecule has 1 N–H and O–H groups in total. The number of carboxylic acid groups (broad SMARTS) is 1. The number of pyridine rings is 1. The largest absolute Gasteiger partial charge is 0.478 e. The lowest BCUT2D eigenvalue weighted by Crippen LogP contribution is -2.23. The van der Waals surface area contributed by atoms with Crippen molar-refractivity contribution in [2.75, 3.05) is 0 Å². The summed E-state index contributed by atoms with van der Waals surface area (Å²) < 4.78 is 1.59. The zero-order chi connectivity index (χ0) is 14.8. The fourth-order valence-electron chi connectivity index (χ4n) is 3.15. The molecule has 0 unspecified atom stereocenters. The monoisotopic (exact) mass is 283 g/mol. The van der Waals surface area contributed by atoms with Gasteiger partial charge in [0.25, 0.3) is 5.56 Å². The van der Waals surface area contributed by atoms with E-state index in [1.807, 2.05) is 18.2 Å². The minimum Gasteiger partial charge on any atom is -0.478 e. The van der Waals surface area contributed by atoms with Crippen molar-refractivity contribution in [3.05, 3.63) is 70.1 Å². The van der Waals surface area contributed by atoms with Gasteiger partial charge in [-0.05, 0) is 36.8 Å². The van der Waals surface area contributed by atoms with Gasteiger partial charge in [0.05, 0.1) is 5.56 Å². The molecule has 0 amide bonds. The molecule has 0 radical (unpaired) electrons. The molecule has 0 saturated heterocycles. The number of carbonyl (C=O) groups is 1. The summed E-state index contributed by atoms with van der Waals surface area (Å²) in [6, 6.07) is 13.1. The van der Waals surface area contributed by atoms with E-state index >= 15 is 0 Å². The lowest BCUT2D eigenvalue weighted by atomic mass is 9.97. The van der Waals surface area contributed by atoms with Crippen molar-refractivity contribution < 1.29 is 9.90 Å². The average Bonchev–Trinajstić information content (AvgIpc) is 2.98. The summed E-state index contributed by atoms with van der Waals surface area (Å²) in [5.74, 6) is -0.557. The number of nitrogens with zero attached hydrogens (tertiary/aromatic N) is 1. The molecular formula is C17H17NO3. The summed E-state index contributed by atoms with van der Waals surface area (Å²) in [5, 5.41) is 9.06. The van der Waals surface area contributed by atoms with Crippen LogP contribution in [0.3, 0.4) is 0 Å². The van der Waals surface area contributed by atoms with Crippen molar-refractivity contribution in [1.29, 1.82) is 0 Å². The predicted molar refractivity (Wildman–Crippen MR) is 79.7 cm³/mol. The third-order valence-corrected chi connectivity index (χ3v) is 4.25. The fraction of sp³-hybridized carbons (Fsp3) is 0.294. The second kappa shape index (κ2) is 5.56. The summed E-state index contributed by atoms with van der Waals surface area (Å²) in [7, 11) is 0. The maximum atomic E-state index is 12.0. The van der Waals surface area contributed by atoms with Crippen molar-refractivity contribution in [3.63, 3.8) is 0 Å². The van der Waals surface area contributed by atoms with Gasteiger partial charge in [-0.2, -0.15) is 0 Å². The van der Waals surface area contributed by atoms with Crippen molar-refractivity contribution >= 4 is 5.97 Å². The normalized spacial score (nSPS) is 21.3. The number of carboxylic acids is 1. The second-order valence-corrected chi connectivity index (χ2v) is 5.54. The van der Waals surface area contributed by atoms with E-state index in [0.717, 1.165) is 19.3 Å². The van der Waals surface area contributed by atoms with Crippen LogP contribution in [0.2, 0.25) is 0 Å². The van der Waals surface area contributed by atoms with Gasteiger partial charge >= 0.3 is 5.97 Å². The van der Waals surface area contributed by atoms with Crippen LogP contribution in [0.4, 0.5) is 0 Å². The van der Waals surface area contributed by atoms with Gasteiger partial charge in [-0.25, -0.2) is 4.79 Å². The lowest BCUT2D eigenvalue weighted by Gasteiger charge is -2.15. The van der Waals surface area contributed by atoms with E-state index in [1.54, 1.807) is 4.57 Å². The SMILES string of the molecule is O=C(O)c1ccc(=O)n([C@H]2CC[C@@H](c3ccccc3)C2)c1. The van der Waals surface area contributed by atoms with Crippen LogP contribution in [-0.4, -0.2) is 15.6 Å². The number of aromatic nitrogens is 1. The molecule has 1 aliphatic rings. The van der Waals surface area contributed by atoms with Crippen LogP contribution < -0.4 is 5.56 Å². The molecule has 0 bridgehead atoms. The maximum absolute atomic E-state index is 12.0. The Kier molecular flexibility index (Phi) is 3.60. The highest BCUT2D eigenvalue weighted by Gasteiger charge is 2.27. The van der Waals surface area contributed by atoms with Gasteiger partial charge in [-0.15, -0.1) is 0 Å². The fourth-order valence-corrected chi connectivity index (χ4v) is 3.15. The first-order chi connectivity index (χ1) is 10.1. The first-order valence-corrected chi connectivity index (χ1v) is 7.15. The van der Waals surface area contributed by atoms with Gasteiger partial charge < -0.3 is 9.67 Å². The van der Waals surface area contributed by atoms with Crippen LogP contribution in [0.25, 0.3) is 0 Å². The second-order valence-electron chi connectivity index (χ2n) is 5.54. The molecule has 1 aromatic heterocycles. The Morgan fingerprint density at radius 3 is 2.57 bits per heavy atom. The number of hydrogen-bond acceptors (Lipinski definition) is 2. The Labute approximate surface area is 122 Å². The summed E-state index contributed by atoms with van der Waals surface area (Å²) in [5.41, 5.74) is 1.33. The quantitative estimate of drug-likeness (QED) is 0.941. The van der Waals surface area contributed by atoms with Crippen molar-refractivity contribution in [1.82, 2.24) is 4.57 Å². The summed E-state index contributed by atoms with van der Waals surface area (Å²) in [6.07, 6.45) is 4.29. The third-order valence-electron chi connectivity index (χ3n) is 4.25. The van der Waals surface area contributed by atoms with E-state index in [0.29, 0.717) is 5.92 Å². The molecule has 1 saturated carbocycles. The summed E-state index contributed by atoms with van der Waals surface area (Å²) >= 11 is 0. The first kappa shape index (κ1) is 13.6. The van der Waals surface area contributed by atoms with Crippen LogP contribution in [0.15, 0.2) is 53.5 Å². The van der Waals surface area contributed by atoms with E-state index in [-0.39, 0.29) is 17.2 Å². The van der Waals surface area contributed by atoms with Crippen molar-refractivity contribution in [2.24, 2.45) is 0 Å². The molecule has 2 atom stereocenters. The van der Waals surface area contributed by atoms with Crippen molar-refractivity contribution in [2.45, 2.75) is 31.2 Å². The molecule has 1 aromatic carbocycles. The van der Waals surface area contributed by atoms with E-state index < -0.39 is 5.97 Å². The molecule has 3 rings (SSSR count). The standard InChI is InChI=1S/C17H17NO3/c19-16-9-7-14(17(20)21)11-18(16)15-8-6-13(10-15)12-4-2-1-3-5-12/h1-5,7,9,11,13,15H,6,8,10H2,(H,20,21)/t13-,15+/m1/s1. The highest BCUT2D eigenvalue weighted by molar-refractivity contribution is 5.87. The van der Waals surface area contributed by atoms with Gasteiger partial charge in [-0.1, -0.05) is 30.3 Å². The Hall–Kier alpha value is -2.36. The molecule has 1 heterocycles. The lowest BCUT2D eigenvalue weighted by molar-refractivity contribution is 0.0695. The van der Waals surface area contributed by atoms with Gasteiger partial charge in [0, 0.05) is 18.3 Å². The topological polar surface area (TPSA) is 59.3 Å². The molecule has 1 aliphatic carbocycles. The van der Waals surface area contributed by atoms with Crippen LogP contribution in [0.1, 0.15) is 47.1 Å². The maximum Gasteiger partial charge on any atom is 0.337 e. The zero-order valence-corrected chi connectivity index (χ0v) is 11.6. The Balaban J connectivity index is 1.85. The molecule has 1 fully saturated rings. The van der Waals surface area contributed by atoms with Crippen LogP contribution in [0.5, 0.6) is 0 Å². The van der Waals surface area contributed by atoms with Crippen LogP contribution >= 0.6 is 0 Å². The minimum absolute atomic E-state index is 0.0852. The number of rotatable bonds is 3. The van der Waals surface area contributed by atoms with E-state index in [1.165, 1.54) is 23.9 Å².